The quantitative estimate of drug-likeness (QED) is 0.813. The van der Waals surface area contributed by atoms with Gasteiger partial charge < -0.3 is 11.1 Å². The number of nitrogens with one attached hydrogen (secondary N) is 1. The highest BCUT2D eigenvalue weighted by Crippen LogP contribution is 2.35. The van der Waals surface area contributed by atoms with E-state index in [0.717, 1.165) is 12.2 Å². The number of rotatable bonds is 4. The molecule has 2 aromatic rings. The molecule has 1 aliphatic rings. The minimum Gasteiger partial charge on any atom is -0.398 e. The van der Waals surface area contributed by atoms with Crippen molar-refractivity contribution in [3.8, 4) is 0 Å². The molecule has 1 fully saturated rings. The Hall–Kier alpha value is -1.54. The summed E-state index contributed by atoms with van der Waals surface area (Å²) in [6.45, 7) is 3.15. The fourth-order valence-electron chi connectivity index (χ4n) is 3.00. The van der Waals surface area contributed by atoms with Gasteiger partial charge in [0.2, 0.25) is 0 Å². The van der Waals surface area contributed by atoms with Crippen LogP contribution in [0.4, 0.5) is 5.69 Å². The Morgan fingerprint density at radius 2 is 1.84 bits per heavy atom. The van der Waals surface area contributed by atoms with Crippen molar-refractivity contribution in [2.45, 2.75) is 44.7 Å². The predicted octanol–water partition coefficient (Wildman–Crippen LogP) is 3.84. The van der Waals surface area contributed by atoms with Crippen molar-refractivity contribution in [2.24, 2.45) is 0 Å². The van der Waals surface area contributed by atoms with Crippen molar-refractivity contribution in [3.63, 3.8) is 0 Å². The smallest absolute Gasteiger partial charge is 0.0366 e. The summed E-state index contributed by atoms with van der Waals surface area (Å²) in [6.07, 6.45) is 5.17. The van der Waals surface area contributed by atoms with E-state index in [1.807, 2.05) is 0 Å². The van der Waals surface area contributed by atoms with Gasteiger partial charge in [-0.1, -0.05) is 31.2 Å². The zero-order valence-corrected chi connectivity index (χ0v) is 11.6. The van der Waals surface area contributed by atoms with Crippen molar-refractivity contribution < 1.29 is 0 Å². The number of hydrogen-bond acceptors (Lipinski definition) is 2. The summed E-state index contributed by atoms with van der Waals surface area (Å²) in [5.41, 5.74) is 8.67. The minimum absolute atomic E-state index is 0.373. The normalized spacial score (nSPS) is 17.3. The molecule has 0 aliphatic heterocycles. The Morgan fingerprint density at radius 1 is 1.16 bits per heavy atom. The second-order valence-electron chi connectivity index (χ2n) is 5.74. The highest BCUT2D eigenvalue weighted by Gasteiger charge is 2.34. The van der Waals surface area contributed by atoms with Crippen LogP contribution in [0.3, 0.4) is 0 Å². The molecule has 1 aliphatic carbocycles. The molecule has 0 spiro atoms. The molecule has 0 atom stereocenters. The van der Waals surface area contributed by atoms with Gasteiger partial charge in [-0.3, -0.25) is 0 Å². The summed E-state index contributed by atoms with van der Waals surface area (Å²) in [5, 5.41) is 6.22. The summed E-state index contributed by atoms with van der Waals surface area (Å²) < 4.78 is 0. The fraction of sp³-hybridized carbons (Fsp3) is 0.412. The molecule has 100 valence electrons. The van der Waals surface area contributed by atoms with E-state index in [9.17, 15) is 0 Å². The summed E-state index contributed by atoms with van der Waals surface area (Å²) in [4.78, 5) is 0. The third-order valence-electron chi connectivity index (χ3n) is 4.65. The van der Waals surface area contributed by atoms with Gasteiger partial charge in [0.25, 0.3) is 0 Å². The lowest BCUT2D eigenvalue weighted by atomic mass is 9.75. The number of benzene rings is 2. The third-order valence-corrected chi connectivity index (χ3v) is 4.65. The summed E-state index contributed by atoms with van der Waals surface area (Å²) in [6, 6.07) is 12.7. The third kappa shape index (κ3) is 2.33. The van der Waals surface area contributed by atoms with Crippen molar-refractivity contribution in [3.05, 3.63) is 42.0 Å². The van der Waals surface area contributed by atoms with E-state index in [1.165, 1.54) is 42.0 Å². The van der Waals surface area contributed by atoms with Crippen LogP contribution in [0.25, 0.3) is 10.8 Å². The number of nitrogen functional groups attached to an aromatic ring is 1. The Kier molecular flexibility index (Phi) is 3.19. The second kappa shape index (κ2) is 4.86. The van der Waals surface area contributed by atoms with Crippen LogP contribution in [0.2, 0.25) is 0 Å². The van der Waals surface area contributed by atoms with Gasteiger partial charge in [0.1, 0.15) is 0 Å². The maximum atomic E-state index is 6.18. The van der Waals surface area contributed by atoms with Gasteiger partial charge in [-0.25, -0.2) is 0 Å². The number of nitrogens with two attached hydrogens (primary N) is 1. The molecule has 0 bridgehead atoms. The predicted molar refractivity (Wildman–Crippen MR) is 82.1 cm³/mol. The van der Waals surface area contributed by atoms with Crippen LogP contribution >= 0.6 is 0 Å². The summed E-state index contributed by atoms with van der Waals surface area (Å²) >= 11 is 0. The fourth-order valence-corrected chi connectivity index (χ4v) is 3.00. The molecule has 0 amide bonds. The SMILES string of the molecule is CCC1(NCc2cc3ccccc3cc2N)CCC1. The van der Waals surface area contributed by atoms with E-state index in [0.29, 0.717) is 5.54 Å². The first kappa shape index (κ1) is 12.5. The van der Waals surface area contributed by atoms with Gasteiger partial charge in [-0.15, -0.1) is 0 Å². The van der Waals surface area contributed by atoms with Crippen LogP contribution < -0.4 is 11.1 Å². The molecule has 2 nitrogen and oxygen atoms in total. The van der Waals surface area contributed by atoms with Gasteiger partial charge in [0.15, 0.2) is 0 Å². The molecule has 0 saturated heterocycles. The van der Waals surface area contributed by atoms with E-state index < -0.39 is 0 Å². The lowest BCUT2D eigenvalue weighted by molar-refractivity contribution is 0.175. The topological polar surface area (TPSA) is 38.0 Å². The van der Waals surface area contributed by atoms with E-state index in [2.05, 4.69) is 48.6 Å². The molecular formula is C17H22N2. The van der Waals surface area contributed by atoms with Gasteiger partial charge >= 0.3 is 0 Å². The van der Waals surface area contributed by atoms with Crippen molar-refractivity contribution in [1.82, 2.24) is 5.32 Å². The number of hydrogen-bond donors (Lipinski definition) is 2. The highest BCUT2D eigenvalue weighted by atomic mass is 15.0. The zero-order chi connectivity index (χ0) is 13.3. The second-order valence-corrected chi connectivity index (χ2v) is 5.74. The van der Waals surface area contributed by atoms with Crippen LogP contribution in [0, 0.1) is 0 Å². The lowest BCUT2D eigenvalue weighted by Gasteiger charge is -2.42. The van der Waals surface area contributed by atoms with E-state index in [-0.39, 0.29) is 0 Å². The van der Waals surface area contributed by atoms with Crippen LogP contribution in [0.1, 0.15) is 38.2 Å². The molecule has 1 saturated carbocycles. The number of anilines is 1. The molecule has 0 heterocycles. The first-order valence-corrected chi connectivity index (χ1v) is 7.25. The van der Waals surface area contributed by atoms with E-state index >= 15 is 0 Å². The van der Waals surface area contributed by atoms with Gasteiger partial charge in [0.05, 0.1) is 0 Å². The van der Waals surface area contributed by atoms with Crippen molar-refractivity contribution in [1.29, 1.82) is 0 Å². The van der Waals surface area contributed by atoms with E-state index in [1.54, 1.807) is 0 Å². The maximum absolute atomic E-state index is 6.18. The van der Waals surface area contributed by atoms with Gasteiger partial charge in [-0.2, -0.15) is 0 Å². The molecule has 0 radical (unpaired) electrons. The highest BCUT2D eigenvalue weighted by molar-refractivity contribution is 5.86. The molecule has 3 N–H and O–H groups in total. The molecule has 3 rings (SSSR count). The average Bonchev–Trinajstić information content (AvgIpc) is 2.38. The Morgan fingerprint density at radius 3 is 2.42 bits per heavy atom. The minimum atomic E-state index is 0.373. The van der Waals surface area contributed by atoms with Gasteiger partial charge in [-0.05, 0) is 54.2 Å². The first-order chi connectivity index (χ1) is 9.22. The molecule has 0 unspecified atom stereocenters. The molecule has 2 heteroatoms. The largest absolute Gasteiger partial charge is 0.398 e. The lowest BCUT2D eigenvalue weighted by Crippen LogP contribution is -2.49. The zero-order valence-electron chi connectivity index (χ0n) is 11.6. The molecule has 2 aromatic carbocycles. The Labute approximate surface area is 115 Å². The van der Waals surface area contributed by atoms with Crippen molar-refractivity contribution in [2.75, 3.05) is 5.73 Å². The van der Waals surface area contributed by atoms with E-state index in [4.69, 9.17) is 5.73 Å². The van der Waals surface area contributed by atoms with Crippen LogP contribution in [-0.2, 0) is 6.54 Å². The summed E-state index contributed by atoms with van der Waals surface area (Å²) in [7, 11) is 0. The average molecular weight is 254 g/mol. The maximum Gasteiger partial charge on any atom is 0.0366 e. The monoisotopic (exact) mass is 254 g/mol. The Bertz CT molecular complexity index is 579. The Balaban J connectivity index is 1.82. The van der Waals surface area contributed by atoms with Crippen LogP contribution in [0.5, 0.6) is 0 Å². The standard InChI is InChI=1S/C17H22N2/c1-2-17(8-5-9-17)19-12-15-10-13-6-3-4-7-14(13)11-16(15)18/h3-4,6-7,10-11,19H,2,5,8-9,12,18H2,1H3. The molecule has 0 aromatic heterocycles. The van der Waals surface area contributed by atoms with Crippen molar-refractivity contribution >= 4 is 16.5 Å². The molecular weight excluding hydrogens is 232 g/mol. The van der Waals surface area contributed by atoms with Crippen LogP contribution in [-0.4, -0.2) is 5.54 Å². The molecule has 19 heavy (non-hydrogen) atoms. The first-order valence-electron chi connectivity index (χ1n) is 7.25. The summed E-state index contributed by atoms with van der Waals surface area (Å²) in [5.74, 6) is 0. The van der Waals surface area contributed by atoms with Crippen LogP contribution in [0.15, 0.2) is 36.4 Å². The number of fused-ring (bicyclic) bond motifs is 1. The van der Waals surface area contributed by atoms with Gasteiger partial charge in [0, 0.05) is 17.8 Å².